The van der Waals surface area contributed by atoms with Gasteiger partial charge in [-0.2, -0.15) is 21.6 Å². The third kappa shape index (κ3) is 3.91. The number of halogens is 3. The van der Waals surface area contributed by atoms with Gasteiger partial charge >= 0.3 is 21.3 Å². The first-order valence-corrected chi connectivity index (χ1v) is 6.47. The zero-order chi connectivity index (χ0) is 15.4. The van der Waals surface area contributed by atoms with E-state index in [4.69, 9.17) is 18.4 Å². The van der Waals surface area contributed by atoms with E-state index in [1.54, 1.807) is 6.07 Å². The first kappa shape index (κ1) is 15.9. The summed E-state index contributed by atoms with van der Waals surface area (Å²) in [5.41, 5.74) is -4.92. The lowest BCUT2D eigenvalue weighted by Gasteiger charge is -1.97. The molecule has 0 aromatic heterocycles. The van der Waals surface area contributed by atoms with Gasteiger partial charge in [0.15, 0.2) is 4.98 Å². The molecule has 0 bridgehead atoms. The van der Waals surface area contributed by atoms with Crippen molar-refractivity contribution >= 4 is 26.6 Å². The minimum atomic E-state index is -5.84. The van der Waals surface area contributed by atoms with Crippen LogP contribution < -0.4 is 0 Å². The Morgan fingerprint density at radius 3 is 2.05 bits per heavy atom. The number of diazo groups is 1. The number of rotatable bonds is 0. The topological polar surface area (TPSA) is 82.5 Å². The number of benzene rings is 2. The molecule has 0 fully saturated rings. The maximum atomic E-state index is 10.7. The summed E-state index contributed by atoms with van der Waals surface area (Å²) in [4.78, 5) is 3.20. The van der Waals surface area contributed by atoms with E-state index in [0.717, 1.165) is 10.8 Å². The van der Waals surface area contributed by atoms with Gasteiger partial charge in [-0.25, -0.2) is 0 Å². The minimum absolute atomic E-state index is 0.619. The maximum absolute atomic E-state index is 10.7. The molecule has 20 heavy (non-hydrogen) atoms. The van der Waals surface area contributed by atoms with Gasteiger partial charge in [-0.05, 0) is 11.5 Å². The minimum Gasteiger partial charge on any atom is -0.279 e. The van der Waals surface area contributed by atoms with Gasteiger partial charge in [-0.3, -0.25) is 4.55 Å². The van der Waals surface area contributed by atoms with Crippen LogP contribution in [-0.4, -0.2) is 18.5 Å². The van der Waals surface area contributed by atoms with E-state index in [1.165, 1.54) is 0 Å². The van der Waals surface area contributed by atoms with Crippen molar-refractivity contribution in [3.8, 4) is 0 Å². The Bertz CT molecular complexity index is 746. The summed E-state index contributed by atoms with van der Waals surface area (Å²) in [6, 6.07) is 13.5. The second-order valence-electron chi connectivity index (χ2n) is 3.52. The molecule has 0 aliphatic carbocycles. The van der Waals surface area contributed by atoms with E-state index < -0.39 is 15.6 Å². The molecule has 2 aromatic rings. The lowest BCUT2D eigenvalue weighted by Crippen LogP contribution is -2.21. The highest BCUT2D eigenvalue weighted by molar-refractivity contribution is 7.86. The molecule has 0 aliphatic rings. The van der Waals surface area contributed by atoms with Gasteiger partial charge < -0.3 is 0 Å². The number of nitrogens with zero attached hydrogens (tertiary/aromatic N) is 2. The first-order valence-electron chi connectivity index (χ1n) is 5.03. The quantitative estimate of drug-likeness (QED) is 0.457. The molecule has 9 heteroatoms. The molecule has 0 heterocycles. The van der Waals surface area contributed by atoms with Gasteiger partial charge in [0.05, 0.1) is 5.39 Å². The van der Waals surface area contributed by atoms with E-state index in [-0.39, 0.29) is 0 Å². The van der Waals surface area contributed by atoms with Crippen molar-refractivity contribution < 1.29 is 26.1 Å². The van der Waals surface area contributed by atoms with Gasteiger partial charge in [0, 0.05) is 6.07 Å². The second kappa shape index (κ2) is 5.85. The fraction of sp³-hybridized carbons (Fsp3) is 0.0909. The molecule has 2 rings (SSSR count). The van der Waals surface area contributed by atoms with Crippen LogP contribution in [0.3, 0.4) is 0 Å². The monoisotopic (exact) mass is 305 g/mol. The second-order valence-corrected chi connectivity index (χ2v) is 4.93. The molecule has 2 aromatic carbocycles. The molecular weight excluding hydrogens is 297 g/mol. The third-order valence-electron chi connectivity index (χ3n) is 2.17. The highest BCUT2D eigenvalue weighted by Crippen LogP contribution is 2.24. The zero-order valence-corrected chi connectivity index (χ0v) is 10.6. The number of fused-ring (bicyclic) bond motifs is 1. The fourth-order valence-electron chi connectivity index (χ4n) is 1.30. The maximum Gasteiger partial charge on any atom is 0.522 e. The van der Waals surface area contributed by atoms with E-state index in [0.29, 0.717) is 5.69 Å². The Kier molecular flexibility index (Phi) is 4.65. The highest BCUT2D eigenvalue weighted by atomic mass is 32.2. The van der Waals surface area contributed by atoms with Gasteiger partial charge in [0.2, 0.25) is 5.39 Å². The number of hydrogen-bond acceptors (Lipinski definition) is 3. The predicted molar refractivity (Wildman–Crippen MR) is 66.3 cm³/mol. The Hall–Kier alpha value is -2.18. The smallest absolute Gasteiger partial charge is 0.279 e. The highest BCUT2D eigenvalue weighted by Gasteiger charge is 2.44. The molecule has 0 saturated carbocycles. The van der Waals surface area contributed by atoms with Crippen molar-refractivity contribution in [3.05, 3.63) is 47.4 Å². The molecule has 0 saturated heterocycles. The van der Waals surface area contributed by atoms with Crippen LogP contribution in [0, 0.1) is 5.39 Å². The van der Waals surface area contributed by atoms with Crippen LogP contribution in [0.5, 0.6) is 0 Å². The summed E-state index contributed by atoms with van der Waals surface area (Å²) >= 11 is 0. The average molecular weight is 305 g/mol. The van der Waals surface area contributed by atoms with E-state index in [2.05, 4.69) is 4.98 Å². The molecule has 0 amide bonds. The summed E-state index contributed by atoms with van der Waals surface area (Å²) in [5.74, 6) is 0. The van der Waals surface area contributed by atoms with Crippen LogP contribution in [0.1, 0.15) is 0 Å². The number of alkyl halides is 3. The average Bonchev–Trinajstić information content (AvgIpc) is 2.36. The van der Waals surface area contributed by atoms with Gasteiger partial charge in [0.1, 0.15) is 0 Å². The molecule has 0 radical (unpaired) electrons. The Morgan fingerprint density at radius 1 is 1.05 bits per heavy atom. The van der Waals surface area contributed by atoms with E-state index >= 15 is 0 Å². The largest absolute Gasteiger partial charge is 0.522 e. The van der Waals surface area contributed by atoms with Crippen LogP contribution in [0.15, 0.2) is 42.5 Å². The summed E-state index contributed by atoms with van der Waals surface area (Å²) < 4.78 is 57.5. The van der Waals surface area contributed by atoms with Crippen LogP contribution in [-0.2, 0) is 10.1 Å². The van der Waals surface area contributed by atoms with E-state index in [9.17, 15) is 13.2 Å². The standard InChI is InChI=1S/C10H7N2.CHF3O3S/c11-12-10-7-3-5-8-4-1-2-6-9(8)10;2-1(3,4)8(5,6)7/h1-7H;(H,5,6,7)/q+1;. The molecule has 5 nitrogen and oxygen atoms in total. The van der Waals surface area contributed by atoms with Crippen molar-refractivity contribution in [2.75, 3.05) is 0 Å². The van der Waals surface area contributed by atoms with Crippen LogP contribution in [0.25, 0.3) is 15.7 Å². The van der Waals surface area contributed by atoms with Gasteiger partial charge in [-0.1, -0.05) is 30.3 Å². The van der Waals surface area contributed by atoms with Gasteiger partial charge in [-0.15, -0.1) is 0 Å². The predicted octanol–water partition coefficient (Wildman–Crippen LogP) is 3.72. The van der Waals surface area contributed by atoms with Gasteiger partial charge in [0.25, 0.3) is 0 Å². The zero-order valence-electron chi connectivity index (χ0n) is 9.74. The normalized spacial score (nSPS) is 11.3. The van der Waals surface area contributed by atoms with Crippen molar-refractivity contribution in [2.24, 2.45) is 0 Å². The van der Waals surface area contributed by atoms with Crippen LogP contribution in [0.2, 0.25) is 0 Å². The molecule has 0 unspecified atom stereocenters. The molecule has 106 valence electrons. The Morgan fingerprint density at radius 2 is 1.55 bits per heavy atom. The lowest BCUT2D eigenvalue weighted by molar-refractivity contribution is -0.0510. The molecule has 0 aliphatic heterocycles. The van der Waals surface area contributed by atoms with E-state index in [1.807, 2.05) is 36.4 Å². The van der Waals surface area contributed by atoms with Crippen LogP contribution >= 0.6 is 0 Å². The Balaban J connectivity index is 0.000000221. The molecule has 0 atom stereocenters. The van der Waals surface area contributed by atoms with Crippen molar-refractivity contribution in [2.45, 2.75) is 5.51 Å². The van der Waals surface area contributed by atoms with Crippen molar-refractivity contribution in [3.63, 3.8) is 0 Å². The summed E-state index contributed by atoms with van der Waals surface area (Å²) in [7, 11) is -5.84. The number of hydrogen-bond donors (Lipinski definition) is 1. The molecular formula is C11H8F3N2O3S+. The van der Waals surface area contributed by atoms with Crippen molar-refractivity contribution in [1.82, 2.24) is 0 Å². The fourth-order valence-corrected chi connectivity index (χ4v) is 1.30. The Labute approximate surface area is 112 Å². The molecule has 0 spiro atoms. The van der Waals surface area contributed by atoms with Crippen molar-refractivity contribution in [1.29, 1.82) is 5.39 Å². The molecule has 1 N–H and O–H groups in total. The summed E-state index contributed by atoms with van der Waals surface area (Å²) in [6.45, 7) is 0. The van der Waals surface area contributed by atoms with Crippen LogP contribution in [0.4, 0.5) is 18.9 Å². The lowest BCUT2D eigenvalue weighted by atomic mass is 10.1. The third-order valence-corrected chi connectivity index (χ3v) is 2.75. The SMILES string of the molecule is N#[N+]c1cccc2ccccc12.O=S(=O)(O)C(F)(F)F. The summed E-state index contributed by atoms with van der Waals surface area (Å²) in [5, 5.41) is 10.7. The first-order chi connectivity index (χ1) is 9.17. The summed E-state index contributed by atoms with van der Waals surface area (Å²) in [6.07, 6.45) is 0.